The molecule has 108 valence electrons. The summed E-state index contributed by atoms with van der Waals surface area (Å²) in [6.45, 7) is 1.61. The predicted molar refractivity (Wildman–Crippen MR) is 75.8 cm³/mol. The van der Waals surface area contributed by atoms with Crippen LogP contribution in [0.1, 0.15) is 12.8 Å². The number of benzene rings is 1. The molecule has 0 spiro atoms. The lowest BCUT2D eigenvalue weighted by molar-refractivity contribution is -0.128. The molecule has 6 nitrogen and oxygen atoms in total. The van der Waals surface area contributed by atoms with Gasteiger partial charge in [0.2, 0.25) is 5.91 Å². The van der Waals surface area contributed by atoms with Crippen LogP contribution in [0.4, 0.5) is 10.5 Å². The van der Waals surface area contributed by atoms with Crippen molar-refractivity contribution in [3.63, 3.8) is 0 Å². The van der Waals surface area contributed by atoms with E-state index >= 15 is 0 Å². The summed E-state index contributed by atoms with van der Waals surface area (Å²) in [5.41, 5.74) is 0.650. The van der Waals surface area contributed by atoms with Gasteiger partial charge in [-0.25, -0.2) is 4.79 Å². The highest BCUT2D eigenvalue weighted by molar-refractivity contribution is 5.92. The Morgan fingerprint density at radius 3 is 2.45 bits per heavy atom. The molecule has 1 aliphatic heterocycles. The first-order valence-electron chi connectivity index (χ1n) is 6.66. The van der Waals surface area contributed by atoms with Crippen molar-refractivity contribution in [1.29, 1.82) is 0 Å². The summed E-state index contributed by atoms with van der Waals surface area (Å²) in [6, 6.07) is 6.60. The number of ether oxygens (including phenoxy) is 1. The van der Waals surface area contributed by atoms with Crippen LogP contribution in [0, 0.1) is 0 Å². The second-order valence-corrected chi connectivity index (χ2v) is 4.62. The molecule has 1 heterocycles. The van der Waals surface area contributed by atoms with Crippen molar-refractivity contribution >= 4 is 17.6 Å². The number of hydrogen-bond donors (Lipinski definition) is 2. The Bertz CT molecular complexity index is 467. The summed E-state index contributed by atoms with van der Waals surface area (Å²) in [5.74, 6) is 0.688. The number of likely N-dealkylation sites (tertiary alicyclic amines) is 1. The number of hydrogen-bond acceptors (Lipinski definition) is 3. The van der Waals surface area contributed by atoms with Crippen molar-refractivity contribution in [2.45, 2.75) is 12.8 Å². The van der Waals surface area contributed by atoms with Gasteiger partial charge in [-0.3, -0.25) is 4.79 Å². The largest absolute Gasteiger partial charge is 0.497 e. The number of amides is 3. The van der Waals surface area contributed by atoms with E-state index in [4.69, 9.17) is 4.74 Å². The molecule has 0 aromatic heterocycles. The molecule has 1 fully saturated rings. The molecule has 0 radical (unpaired) electrons. The summed E-state index contributed by atoms with van der Waals surface area (Å²) in [7, 11) is 1.58. The van der Waals surface area contributed by atoms with Gasteiger partial charge in [-0.15, -0.1) is 0 Å². The van der Waals surface area contributed by atoms with Crippen LogP contribution < -0.4 is 15.4 Å². The Hall–Kier alpha value is -2.24. The van der Waals surface area contributed by atoms with E-state index in [9.17, 15) is 9.59 Å². The number of anilines is 1. The zero-order valence-electron chi connectivity index (χ0n) is 11.5. The number of rotatable bonds is 4. The zero-order valence-corrected chi connectivity index (χ0v) is 11.5. The molecule has 3 amide bonds. The van der Waals surface area contributed by atoms with Gasteiger partial charge in [0.1, 0.15) is 5.75 Å². The number of methoxy groups -OCH3 is 1. The SMILES string of the molecule is COc1ccc(NC(=O)NCC(=O)N2CCCC2)cc1. The minimum atomic E-state index is -0.386. The van der Waals surface area contributed by atoms with Gasteiger partial charge >= 0.3 is 6.03 Å². The third-order valence-electron chi connectivity index (χ3n) is 3.21. The molecular formula is C14H19N3O3. The lowest BCUT2D eigenvalue weighted by Gasteiger charge is -2.15. The molecule has 2 rings (SSSR count). The maximum absolute atomic E-state index is 11.8. The van der Waals surface area contributed by atoms with E-state index in [2.05, 4.69) is 10.6 Å². The lowest BCUT2D eigenvalue weighted by atomic mass is 10.3. The summed E-state index contributed by atoms with van der Waals surface area (Å²) >= 11 is 0. The monoisotopic (exact) mass is 277 g/mol. The number of carbonyl (C=O) groups excluding carboxylic acids is 2. The summed E-state index contributed by atoms with van der Waals surface area (Å²) < 4.78 is 5.03. The van der Waals surface area contributed by atoms with Gasteiger partial charge in [0.25, 0.3) is 0 Å². The molecule has 2 N–H and O–H groups in total. The first-order valence-corrected chi connectivity index (χ1v) is 6.66. The van der Waals surface area contributed by atoms with Crippen molar-refractivity contribution in [3.05, 3.63) is 24.3 Å². The number of carbonyl (C=O) groups is 2. The van der Waals surface area contributed by atoms with Gasteiger partial charge in [0, 0.05) is 18.8 Å². The Morgan fingerprint density at radius 2 is 1.85 bits per heavy atom. The molecule has 1 saturated heterocycles. The van der Waals surface area contributed by atoms with E-state index in [1.165, 1.54) is 0 Å². The Morgan fingerprint density at radius 1 is 1.20 bits per heavy atom. The fraction of sp³-hybridized carbons (Fsp3) is 0.429. The predicted octanol–water partition coefficient (Wildman–Crippen LogP) is 1.44. The second kappa shape index (κ2) is 6.79. The van der Waals surface area contributed by atoms with Crippen LogP contribution >= 0.6 is 0 Å². The molecule has 1 aromatic rings. The van der Waals surface area contributed by atoms with Crippen molar-refractivity contribution in [3.8, 4) is 5.75 Å². The standard InChI is InChI=1S/C14H19N3O3/c1-20-12-6-4-11(5-7-12)16-14(19)15-10-13(18)17-8-2-3-9-17/h4-7H,2-3,8-10H2,1H3,(H2,15,16,19). The average Bonchev–Trinajstić information content (AvgIpc) is 3.00. The first kappa shape index (κ1) is 14.2. The van der Waals surface area contributed by atoms with E-state index in [0.717, 1.165) is 31.7 Å². The molecule has 0 saturated carbocycles. The molecule has 20 heavy (non-hydrogen) atoms. The van der Waals surface area contributed by atoms with Crippen LogP contribution in [-0.2, 0) is 4.79 Å². The van der Waals surface area contributed by atoms with Gasteiger partial charge in [0.05, 0.1) is 13.7 Å². The van der Waals surface area contributed by atoms with Crippen molar-refractivity contribution in [1.82, 2.24) is 10.2 Å². The molecular weight excluding hydrogens is 258 g/mol. The lowest BCUT2D eigenvalue weighted by Crippen LogP contribution is -2.40. The van der Waals surface area contributed by atoms with Crippen LogP contribution in [0.2, 0.25) is 0 Å². The van der Waals surface area contributed by atoms with Crippen molar-refractivity contribution < 1.29 is 14.3 Å². The van der Waals surface area contributed by atoms with Crippen LogP contribution in [0.15, 0.2) is 24.3 Å². The first-order chi connectivity index (χ1) is 9.69. The van der Waals surface area contributed by atoms with E-state index in [0.29, 0.717) is 5.69 Å². The highest BCUT2D eigenvalue weighted by Crippen LogP contribution is 2.14. The highest BCUT2D eigenvalue weighted by Gasteiger charge is 2.17. The summed E-state index contributed by atoms with van der Waals surface area (Å²) in [5, 5.41) is 5.23. The topological polar surface area (TPSA) is 70.7 Å². The van der Waals surface area contributed by atoms with Crippen LogP contribution in [0.25, 0.3) is 0 Å². The minimum absolute atomic E-state index is 0.0298. The quantitative estimate of drug-likeness (QED) is 0.875. The highest BCUT2D eigenvalue weighted by atomic mass is 16.5. The number of nitrogens with zero attached hydrogens (tertiary/aromatic N) is 1. The molecule has 1 aromatic carbocycles. The van der Waals surface area contributed by atoms with E-state index in [1.54, 1.807) is 36.3 Å². The van der Waals surface area contributed by atoms with Crippen LogP contribution in [0.3, 0.4) is 0 Å². The number of nitrogens with one attached hydrogen (secondary N) is 2. The van der Waals surface area contributed by atoms with Gasteiger partial charge in [-0.2, -0.15) is 0 Å². The van der Waals surface area contributed by atoms with Gasteiger partial charge in [-0.05, 0) is 37.1 Å². The molecule has 0 unspecified atom stereocenters. The smallest absolute Gasteiger partial charge is 0.319 e. The molecule has 0 atom stereocenters. The average molecular weight is 277 g/mol. The third kappa shape index (κ3) is 3.88. The second-order valence-electron chi connectivity index (χ2n) is 4.62. The van der Waals surface area contributed by atoms with Crippen molar-refractivity contribution in [2.75, 3.05) is 32.1 Å². The van der Waals surface area contributed by atoms with E-state index in [1.807, 2.05) is 0 Å². The summed E-state index contributed by atoms with van der Waals surface area (Å²) in [6.07, 6.45) is 2.09. The normalized spacial score (nSPS) is 13.9. The maximum atomic E-state index is 11.8. The maximum Gasteiger partial charge on any atom is 0.319 e. The van der Waals surface area contributed by atoms with Crippen LogP contribution in [-0.4, -0.2) is 43.6 Å². The third-order valence-corrected chi connectivity index (χ3v) is 3.21. The van der Waals surface area contributed by atoms with E-state index in [-0.39, 0.29) is 18.5 Å². The number of urea groups is 1. The molecule has 1 aliphatic rings. The summed E-state index contributed by atoms with van der Waals surface area (Å²) in [4.78, 5) is 25.2. The van der Waals surface area contributed by atoms with Gasteiger partial charge in [-0.1, -0.05) is 0 Å². The Balaban J connectivity index is 1.75. The van der Waals surface area contributed by atoms with E-state index < -0.39 is 0 Å². The Labute approximate surface area is 118 Å². The molecule has 0 aliphatic carbocycles. The Kier molecular flexibility index (Phi) is 4.81. The van der Waals surface area contributed by atoms with Gasteiger partial charge < -0.3 is 20.3 Å². The molecule has 0 bridgehead atoms. The van der Waals surface area contributed by atoms with Crippen molar-refractivity contribution in [2.24, 2.45) is 0 Å². The molecule has 6 heteroatoms. The van der Waals surface area contributed by atoms with Gasteiger partial charge in [0.15, 0.2) is 0 Å². The fourth-order valence-electron chi connectivity index (χ4n) is 2.08. The van der Waals surface area contributed by atoms with Crippen LogP contribution in [0.5, 0.6) is 5.75 Å². The minimum Gasteiger partial charge on any atom is -0.497 e. The zero-order chi connectivity index (χ0) is 14.4. The fourth-order valence-corrected chi connectivity index (χ4v) is 2.08.